The molecule has 19 heavy (non-hydrogen) atoms. The Balaban J connectivity index is 2.12. The zero-order valence-corrected chi connectivity index (χ0v) is 11.1. The standard InChI is InChI=1S/C13H15N3O3/c1-9-4-5-12(10(2)6-9)19-8-11-7-13(16(17)18)14-15(11)3/h4-7H,8H2,1-3H3. The molecule has 0 aliphatic heterocycles. The van der Waals surface area contributed by atoms with Gasteiger partial charge in [-0.25, -0.2) is 0 Å². The fourth-order valence-corrected chi connectivity index (χ4v) is 1.83. The lowest BCUT2D eigenvalue weighted by Gasteiger charge is -2.08. The van der Waals surface area contributed by atoms with Crippen molar-refractivity contribution < 1.29 is 9.66 Å². The van der Waals surface area contributed by atoms with Crippen LogP contribution in [0, 0.1) is 24.0 Å². The molecule has 1 heterocycles. The van der Waals surface area contributed by atoms with Crippen LogP contribution >= 0.6 is 0 Å². The van der Waals surface area contributed by atoms with E-state index in [1.165, 1.54) is 16.3 Å². The number of aromatic nitrogens is 2. The van der Waals surface area contributed by atoms with Crippen LogP contribution in [0.5, 0.6) is 5.75 Å². The van der Waals surface area contributed by atoms with Gasteiger partial charge >= 0.3 is 5.82 Å². The average Bonchev–Trinajstić information content (AvgIpc) is 2.70. The van der Waals surface area contributed by atoms with E-state index in [4.69, 9.17) is 4.74 Å². The maximum Gasteiger partial charge on any atom is 0.390 e. The first-order valence-corrected chi connectivity index (χ1v) is 5.84. The molecule has 0 amide bonds. The number of hydrogen-bond donors (Lipinski definition) is 0. The smallest absolute Gasteiger partial charge is 0.390 e. The molecule has 1 aromatic heterocycles. The fourth-order valence-electron chi connectivity index (χ4n) is 1.83. The van der Waals surface area contributed by atoms with Gasteiger partial charge in [-0.2, -0.15) is 4.68 Å². The van der Waals surface area contributed by atoms with Crippen LogP contribution in [-0.2, 0) is 13.7 Å². The SMILES string of the molecule is Cc1ccc(OCc2cc([N+](=O)[O-])nn2C)c(C)c1. The highest BCUT2D eigenvalue weighted by Gasteiger charge is 2.16. The van der Waals surface area contributed by atoms with Gasteiger partial charge in [-0.15, -0.1) is 0 Å². The highest BCUT2D eigenvalue weighted by molar-refractivity contribution is 5.35. The summed E-state index contributed by atoms with van der Waals surface area (Å²) in [6, 6.07) is 7.31. The van der Waals surface area contributed by atoms with Crippen molar-refractivity contribution in [3.8, 4) is 5.75 Å². The van der Waals surface area contributed by atoms with Crippen molar-refractivity contribution in [1.82, 2.24) is 9.78 Å². The Kier molecular flexibility index (Phi) is 3.50. The van der Waals surface area contributed by atoms with E-state index in [9.17, 15) is 10.1 Å². The molecule has 0 saturated heterocycles. The molecular weight excluding hydrogens is 246 g/mol. The minimum atomic E-state index is -0.513. The molecule has 2 rings (SSSR count). The molecule has 0 spiro atoms. The van der Waals surface area contributed by atoms with Gasteiger partial charge < -0.3 is 14.9 Å². The van der Waals surface area contributed by atoms with Crippen LogP contribution in [0.15, 0.2) is 24.3 Å². The molecule has 0 atom stereocenters. The summed E-state index contributed by atoms with van der Waals surface area (Å²) in [6.07, 6.45) is 0. The van der Waals surface area contributed by atoms with E-state index in [-0.39, 0.29) is 12.4 Å². The summed E-state index contributed by atoms with van der Waals surface area (Å²) in [7, 11) is 1.66. The first kappa shape index (κ1) is 13.1. The van der Waals surface area contributed by atoms with E-state index < -0.39 is 4.92 Å². The lowest BCUT2D eigenvalue weighted by Crippen LogP contribution is -2.03. The number of nitro groups is 1. The number of rotatable bonds is 4. The lowest BCUT2D eigenvalue weighted by atomic mass is 10.1. The number of aryl methyl sites for hydroxylation is 3. The molecule has 0 radical (unpaired) electrons. The topological polar surface area (TPSA) is 70.2 Å². The molecule has 2 aromatic rings. The van der Waals surface area contributed by atoms with Gasteiger partial charge in [0.25, 0.3) is 0 Å². The average molecular weight is 261 g/mol. The molecular formula is C13H15N3O3. The van der Waals surface area contributed by atoms with E-state index >= 15 is 0 Å². The fraction of sp³-hybridized carbons (Fsp3) is 0.308. The van der Waals surface area contributed by atoms with Crippen LogP contribution in [0.3, 0.4) is 0 Å². The van der Waals surface area contributed by atoms with Crippen molar-refractivity contribution in [2.24, 2.45) is 7.05 Å². The zero-order valence-electron chi connectivity index (χ0n) is 11.1. The van der Waals surface area contributed by atoms with Crippen LogP contribution < -0.4 is 4.74 Å². The van der Waals surface area contributed by atoms with Crippen LogP contribution in [-0.4, -0.2) is 14.7 Å². The Morgan fingerprint density at radius 1 is 1.37 bits per heavy atom. The van der Waals surface area contributed by atoms with Crippen LogP contribution in [0.25, 0.3) is 0 Å². The van der Waals surface area contributed by atoms with Gasteiger partial charge in [-0.1, -0.05) is 17.7 Å². The number of ether oxygens (including phenoxy) is 1. The summed E-state index contributed by atoms with van der Waals surface area (Å²) in [5.41, 5.74) is 2.87. The Labute approximate surface area is 110 Å². The molecule has 0 N–H and O–H groups in total. The highest BCUT2D eigenvalue weighted by atomic mass is 16.6. The molecule has 0 aliphatic carbocycles. The molecule has 6 heteroatoms. The third-order valence-electron chi connectivity index (χ3n) is 2.86. The molecule has 0 fully saturated rings. The van der Waals surface area contributed by atoms with Crippen molar-refractivity contribution in [2.45, 2.75) is 20.5 Å². The van der Waals surface area contributed by atoms with Gasteiger partial charge in [0.2, 0.25) is 0 Å². The largest absolute Gasteiger partial charge is 0.487 e. The first-order valence-electron chi connectivity index (χ1n) is 5.84. The maximum absolute atomic E-state index is 10.6. The first-order chi connectivity index (χ1) is 8.97. The van der Waals surface area contributed by atoms with E-state index in [2.05, 4.69) is 5.10 Å². The van der Waals surface area contributed by atoms with E-state index in [0.29, 0.717) is 5.69 Å². The molecule has 0 bridgehead atoms. The number of nitrogens with zero attached hydrogens (tertiary/aromatic N) is 3. The second-order valence-electron chi connectivity index (χ2n) is 4.43. The quantitative estimate of drug-likeness (QED) is 0.626. The second kappa shape index (κ2) is 5.09. The minimum Gasteiger partial charge on any atom is -0.487 e. The number of benzene rings is 1. The summed E-state index contributed by atoms with van der Waals surface area (Å²) in [5, 5.41) is 14.4. The third-order valence-corrected chi connectivity index (χ3v) is 2.86. The monoisotopic (exact) mass is 261 g/mol. The summed E-state index contributed by atoms with van der Waals surface area (Å²) >= 11 is 0. The van der Waals surface area contributed by atoms with Crippen molar-refractivity contribution in [2.75, 3.05) is 0 Å². The third kappa shape index (κ3) is 2.90. The van der Waals surface area contributed by atoms with Crippen LogP contribution in [0.4, 0.5) is 5.82 Å². The second-order valence-corrected chi connectivity index (χ2v) is 4.43. The molecule has 0 aliphatic rings. The Bertz CT molecular complexity index is 620. The van der Waals surface area contributed by atoms with E-state index in [0.717, 1.165) is 11.3 Å². The summed E-state index contributed by atoms with van der Waals surface area (Å²) in [4.78, 5) is 10.1. The van der Waals surface area contributed by atoms with Gasteiger partial charge in [0, 0.05) is 0 Å². The van der Waals surface area contributed by atoms with Gasteiger partial charge in [-0.3, -0.25) is 0 Å². The predicted octanol–water partition coefficient (Wildman–Crippen LogP) is 2.52. The Morgan fingerprint density at radius 3 is 2.68 bits per heavy atom. The van der Waals surface area contributed by atoms with Crippen molar-refractivity contribution in [1.29, 1.82) is 0 Å². The molecule has 1 aromatic carbocycles. The van der Waals surface area contributed by atoms with E-state index in [1.807, 2.05) is 32.0 Å². The summed E-state index contributed by atoms with van der Waals surface area (Å²) in [5.74, 6) is 0.608. The van der Waals surface area contributed by atoms with E-state index in [1.54, 1.807) is 7.05 Å². The lowest BCUT2D eigenvalue weighted by molar-refractivity contribution is -0.389. The zero-order chi connectivity index (χ0) is 14.0. The number of hydrogen-bond acceptors (Lipinski definition) is 4. The molecule has 100 valence electrons. The summed E-state index contributed by atoms with van der Waals surface area (Å²) < 4.78 is 7.13. The van der Waals surface area contributed by atoms with Gasteiger partial charge in [0.05, 0.1) is 18.2 Å². The molecule has 0 saturated carbocycles. The van der Waals surface area contributed by atoms with Gasteiger partial charge in [0.1, 0.15) is 18.1 Å². The Hall–Kier alpha value is -2.37. The van der Waals surface area contributed by atoms with Crippen LogP contribution in [0.2, 0.25) is 0 Å². The minimum absolute atomic E-state index is 0.165. The maximum atomic E-state index is 10.6. The van der Waals surface area contributed by atoms with Crippen LogP contribution in [0.1, 0.15) is 16.8 Å². The molecule has 0 unspecified atom stereocenters. The predicted molar refractivity (Wildman–Crippen MR) is 70.1 cm³/mol. The van der Waals surface area contributed by atoms with Gasteiger partial charge in [-0.05, 0) is 30.4 Å². The van der Waals surface area contributed by atoms with Crippen molar-refractivity contribution in [3.05, 3.63) is 51.2 Å². The Morgan fingerprint density at radius 2 is 2.11 bits per heavy atom. The van der Waals surface area contributed by atoms with Crippen molar-refractivity contribution >= 4 is 5.82 Å². The van der Waals surface area contributed by atoms with Crippen molar-refractivity contribution in [3.63, 3.8) is 0 Å². The summed E-state index contributed by atoms with van der Waals surface area (Å²) in [6.45, 7) is 4.23. The molecule has 6 nitrogen and oxygen atoms in total. The van der Waals surface area contributed by atoms with Gasteiger partial charge in [0.15, 0.2) is 0 Å². The normalized spacial score (nSPS) is 10.5. The highest BCUT2D eigenvalue weighted by Crippen LogP contribution is 2.20.